The van der Waals surface area contributed by atoms with Crippen LogP contribution in [0.5, 0.6) is 0 Å². The number of rotatable bonds is 4. The molecule has 0 bridgehead atoms. The molecule has 0 aliphatic rings. The van der Waals surface area contributed by atoms with Gasteiger partial charge in [-0.3, -0.25) is 4.68 Å². The molecule has 1 aromatic heterocycles. The molecule has 2 nitrogen and oxygen atoms in total. The topological polar surface area (TPSA) is 17.8 Å². The van der Waals surface area contributed by atoms with Gasteiger partial charge in [-0.25, -0.2) is 0 Å². The van der Waals surface area contributed by atoms with Gasteiger partial charge in [0.25, 0.3) is 0 Å². The maximum Gasteiger partial charge on any atom is 0.0659 e. The minimum absolute atomic E-state index is 0.652. The number of hydrogen-bond donors (Lipinski definition) is 0. The van der Waals surface area contributed by atoms with Crippen molar-refractivity contribution in [1.29, 1.82) is 0 Å². The maximum absolute atomic E-state index is 4.20. The molecule has 1 heterocycles. The highest BCUT2D eigenvalue weighted by Gasteiger charge is 2.02. The molecule has 0 saturated carbocycles. The molecule has 1 unspecified atom stereocenters. The summed E-state index contributed by atoms with van der Waals surface area (Å²) >= 11 is 0. The molecular formula is C14H18N2. The lowest BCUT2D eigenvalue weighted by Crippen LogP contribution is -2.00. The Morgan fingerprint density at radius 2 is 2.00 bits per heavy atom. The van der Waals surface area contributed by atoms with Crippen molar-refractivity contribution in [3.05, 3.63) is 53.9 Å². The third kappa shape index (κ3) is 2.51. The fourth-order valence-electron chi connectivity index (χ4n) is 1.77. The van der Waals surface area contributed by atoms with Crippen LogP contribution in [0.15, 0.2) is 42.7 Å². The smallest absolute Gasteiger partial charge is 0.0659 e. The van der Waals surface area contributed by atoms with Gasteiger partial charge in [-0.1, -0.05) is 38.1 Å². The average molecular weight is 214 g/mol. The van der Waals surface area contributed by atoms with E-state index in [1.165, 1.54) is 17.5 Å². The van der Waals surface area contributed by atoms with Crippen molar-refractivity contribution in [3.8, 4) is 0 Å². The molecule has 0 amide bonds. The van der Waals surface area contributed by atoms with Crippen LogP contribution in [0.4, 0.5) is 0 Å². The number of benzene rings is 1. The minimum atomic E-state index is 0.652. The second-order valence-electron chi connectivity index (χ2n) is 4.25. The Bertz CT molecular complexity index is 415. The predicted molar refractivity (Wildman–Crippen MR) is 66.5 cm³/mol. The molecule has 0 N–H and O–H groups in total. The molecule has 0 fully saturated rings. The highest BCUT2D eigenvalue weighted by atomic mass is 15.3. The van der Waals surface area contributed by atoms with Gasteiger partial charge < -0.3 is 0 Å². The van der Waals surface area contributed by atoms with Gasteiger partial charge in [0.05, 0.1) is 6.54 Å². The fourth-order valence-corrected chi connectivity index (χ4v) is 1.77. The monoisotopic (exact) mass is 214 g/mol. The lowest BCUT2D eigenvalue weighted by Gasteiger charge is -2.09. The van der Waals surface area contributed by atoms with Crippen molar-refractivity contribution in [3.63, 3.8) is 0 Å². The molecule has 0 aliphatic carbocycles. The van der Waals surface area contributed by atoms with E-state index in [-0.39, 0.29) is 0 Å². The first-order valence-corrected chi connectivity index (χ1v) is 5.86. The molecule has 16 heavy (non-hydrogen) atoms. The van der Waals surface area contributed by atoms with Crippen LogP contribution in [0.3, 0.4) is 0 Å². The van der Waals surface area contributed by atoms with Crippen LogP contribution in [0.1, 0.15) is 37.3 Å². The van der Waals surface area contributed by atoms with Gasteiger partial charge in [0.1, 0.15) is 0 Å². The maximum atomic E-state index is 4.20. The van der Waals surface area contributed by atoms with E-state index in [1.54, 1.807) is 0 Å². The van der Waals surface area contributed by atoms with Gasteiger partial charge in [0.15, 0.2) is 0 Å². The van der Waals surface area contributed by atoms with Crippen molar-refractivity contribution in [2.75, 3.05) is 0 Å². The molecule has 2 aromatic rings. The van der Waals surface area contributed by atoms with E-state index in [1.807, 2.05) is 23.1 Å². The van der Waals surface area contributed by atoms with E-state index in [2.05, 4.69) is 43.2 Å². The van der Waals surface area contributed by atoms with Crippen molar-refractivity contribution in [1.82, 2.24) is 9.78 Å². The van der Waals surface area contributed by atoms with E-state index in [9.17, 15) is 0 Å². The van der Waals surface area contributed by atoms with E-state index in [0.717, 1.165) is 6.54 Å². The molecule has 0 aliphatic heterocycles. The molecule has 1 aromatic carbocycles. The highest BCUT2D eigenvalue weighted by Crippen LogP contribution is 2.18. The van der Waals surface area contributed by atoms with Crippen molar-refractivity contribution in [2.24, 2.45) is 0 Å². The first kappa shape index (κ1) is 10.9. The van der Waals surface area contributed by atoms with Crippen LogP contribution in [-0.2, 0) is 6.54 Å². The third-order valence-electron chi connectivity index (χ3n) is 3.06. The average Bonchev–Trinajstić information content (AvgIpc) is 2.82. The van der Waals surface area contributed by atoms with Crippen molar-refractivity contribution >= 4 is 0 Å². The molecule has 0 saturated heterocycles. The normalized spacial score (nSPS) is 12.6. The number of hydrogen-bond acceptors (Lipinski definition) is 1. The summed E-state index contributed by atoms with van der Waals surface area (Å²) in [6, 6.07) is 10.8. The Balaban J connectivity index is 2.07. The number of aromatic nitrogens is 2. The first-order chi connectivity index (χ1) is 7.79. The summed E-state index contributed by atoms with van der Waals surface area (Å²) in [6.45, 7) is 5.35. The lowest BCUT2D eigenvalue weighted by atomic mass is 9.98. The minimum Gasteiger partial charge on any atom is -0.268 e. The molecule has 2 heteroatoms. The Labute approximate surface area is 96.9 Å². The Hall–Kier alpha value is -1.57. The molecule has 0 radical (unpaired) electrons. The van der Waals surface area contributed by atoms with Gasteiger partial charge in [-0.05, 0) is 29.5 Å². The summed E-state index contributed by atoms with van der Waals surface area (Å²) in [4.78, 5) is 0. The lowest BCUT2D eigenvalue weighted by molar-refractivity contribution is 0.685. The van der Waals surface area contributed by atoms with E-state index in [4.69, 9.17) is 0 Å². The van der Waals surface area contributed by atoms with Gasteiger partial charge in [0.2, 0.25) is 0 Å². The van der Waals surface area contributed by atoms with Gasteiger partial charge in [0, 0.05) is 12.4 Å². The molecule has 0 spiro atoms. The van der Waals surface area contributed by atoms with Gasteiger partial charge >= 0.3 is 0 Å². The summed E-state index contributed by atoms with van der Waals surface area (Å²) in [6.07, 6.45) is 4.99. The molecule has 1 atom stereocenters. The van der Waals surface area contributed by atoms with E-state index in [0.29, 0.717) is 5.92 Å². The van der Waals surface area contributed by atoms with Crippen LogP contribution in [0, 0.1) is 0 Å². The first-order valence-electron chi connectivity index (χ1n) is 5.86. The van der Waals surface area contributed by atoms with Gasteiger partial charge in [-0.2, -0.15) is 5.10 Å². The summed E-state index contributed by atoms with van der Waals surface area (Å²) < 4.78 is 1.94. The molecular weight excluding hydrogens is 196 g/mol. The van der Waals surface area contributed by atoms with Crippen LogP contribution < -0.4 is 0 Å². The van der Waals surface area contributed by atoms with Crippen LogP contribution in [-0.4, -0.2) is 9.78 Å². The second-order valence-corrected chi connectivity index (χ2v) is 4.25. The zero-order valence-electron chi connectivity index (χ0n) is 9.93. The Morgan fingerprint density at radius 1 is 1.25 bits per heavy atom. The Kier molecular flexibility index (Phi) is 3.40. The third-order valence-corrected chi connectivity index (χ3v) is 3.06. The van der Waals surface area contributed by atoms with E-state index < -0.39 is 0 Å². The second kappa shape index (κ2) is 4.97. The summed E-state index contributed by atoms with van der Waals surface area (Å²) in [5.74, 6) is 0.652. The van der Waals surface area contributed by atoms with Crippen molar-refractivity contribution in [2.45, 2.75) is 32.7 Å². The summed E-state index contributed by atoms with van der Waals surface area (Å²) in [5.41, 5.74) is 2.72. The standard InChI is InChI=1S/C14H18N2/c1-3-12(2)14-7-5-13(6-8-14)11-16-10-4-9-15-16/h4-10,12H,3,11H2,1-2H3. The SMILES string of the molecule is CCC(C)c1ccc(Cn2cccn2)cc1. The molecule has 84 valence electrons. The van der Waals surface area contributed by atoms with Crippen molar-refractivity contribution < 1.29 is 0 Å². The summed E-state index contributed by atoms with van der Waals surface area (Å²) in [5, 5.41) is 4.20. The summed E-state index contributed by atoms with van der Waals surface area (Å²) in [7, 11) is 0. The zero-order chi connectivity index (χ0) is 11.4. The Morgan fingerprint density at radius 3 is 2.56 bits per heavy atom. The fraction of sp³-hybridized carbons (Fsp3) is 0.357. The largest absolute Gasteiger partial charge is 0.268 e. The highest BCUT2D eigenvalue weighted by molar-refractivity contribution is 5.25. The quantitative estimate of drug-likeness (QED) is 0.762. The zero-order valence-corrected chi connectivity index (χ0v) is 9.93. The van der Waals surface area contributed by atoms with Gasteiger partial charge in [-0.15, -0.1) is 0 Å². The predicted octanol–water partition coefficient (Wildman–Crippen LogP) is 3.44. The molecule has 2 rings (SSSR count). The van der Waals surface area contributed by atoms with E-state index >= 15 is 0 Å². The number of nitrogens with zero attached hydrogens (tertiary/aromatic N) is 2. The van der Waals surface area contributed by atoms with Crippen LogP contribution in [0.2, 0.25) is 0 Å². The van der Waals surface area contributed by atoms with Crippen LogP contribution >= 0.6 is 0 Å². The van der Waals surface area contributed by atoms with Crippen LogP contribution in [0.25, 0.3) is 0 Å².